The highest BCUT2D eigenvalue weighted by atomic mass is 35.5. The zero-order valence-electron chi connectivity index (χ0n) is 18.4. The number of halogens is 5. The fourth-order valence-electron chi connectivity index (χ4n) is 3.04. The maximum Gasteiger partial charge on any atom is 0.416 e. The molecule has 2 aromatic rings. The van der Waals surface area contributed by atoms with Crippen molar-refractivity contribution in [1.29, 1.82) is 0 Å². The lowest BCUT2D eigenvalue weighted by molar-refractivity contribution is -0.137. The van der Waals surface area contributed by atoms with E-state index in [1.807, 2.05) is 24.3 Å². The quantitative estimate of drug-likeness (QED) is 0.581. The molecule has 5 nitrogen and oxygen atoms in total. The van der Waals surface area contributed by atoms with E-state index < -0.39 is 17.6 Å². The van der Waals surface area contributed by atoms with Crippen LogP contribution in [0.1, 0.15) is 36.5 Å². The highest BCUT2D eigenvalue weighted by Gasteiger charge is 2.31. The Labute approximate surface area is 195 Å². The van der Waals surface area contributed by atoms with Crippen molar-refractivity contribution in [2.24, 2.45) is 0 Å². The summed E-state index contributed by atoms with van der Waals surface area (Å²) in [6.07, 6.45) is -2.71. The van der Waals surface area contributed by atoms with Gasteiger partial charge in [-0.1, -0.05) is 29.8 Å². The minimum atomic E-state index is -4.57. The van der Waals surface area contributed by atoms with Gasteiger partial charge in [0, 0.05) is 50.7 Å². The number of benzene rings is 2. The van der Waals surface area contributed by atoms with Crippen molar-refractivity contribution in [3.05, 3.63) is 70.0 Å². The van der Waals surface area contributed by atoms with Crippen molar-refractivity contribution in [1.82, 2.24) is 15.1 Å². The van der Waals surface area contributed by atoms with E-state index >= 15 is 0 Å². The second-order valence-electron chi connectivity index (χ2n) is 7.66. The van der Waals surface area contributed by atoms with Crippen molar-refractivity contribution in [2.75, 3.05) is 20.1 Å². The molecule has 0 aliphatic carbocycles. The third-order valence-electron chi connectivity index (χ3n) is 5.07. The Kier molecular flexibility index (Phi) is 9.52. The predicted octanol–water partition coefficient (Wildman–Crippen LogP) is 5.47. The molecule has 1 aliphatic rings. The largest absolute Gasteiger partial charge is 0.416 e. The molecular weight excluding hydrogens is 462 g/mol. The number of carbonyl (C=O) groups is 2. The topological polar surface area (TPSA) is 52.7 Å². The summed E-state index contributed by atoms with van der Waals surface area (Å²) in [5.74, 6) is -0.906. The van der Waals surface area contributed by atoms with Crippen molar-refractivity contribution in [2.45, 2.75) is 39.0 Å². The molecule has 1 saturated heterocycles. The van der Waals surface area contributed by atoms with E-state index in [9.17, 15) is 27.2 Å². The van der Waals surface area contributed by atoms with Crippen molar-refractivity contribution < 1.29 is 27.2 Å². The van der Waals surface area contributed by atoms with E-state index in [1.165, 1.54) is 0 Å². The average molecular weight is 488 g/mol. The molecule has 180 valence electrons. The average Bonchev–Trinajstić information content (AvgIpc) is 3.29. The molecule has 1 fully saturated rings. The van der Waals surface area contributed by atoms with Crippen LogP contribution in [0.4, 0.5) is 22.4 Å². The number of hydrogen-bond donors (Lipinski definition) is 1. The van der Waals surface area contributed by atoms with Crippen LogP contribution in [0.3, 0.4) is 0 Å². The third kappa shape index (κ3) is 8.57. The summed E-state index contributed by atoms with van der Waals surface area (Å²) in [6, 6.07) is 9.46. The Bertz CT molecular complexity index is 946. The van der Waals surface area contributed by atoms with Gasteiger partial charge in [-0.15, -0.1) is 0 Å². The molecule has 3 amide bonds. The lowest BCUT2D eigenvalue weighted by Crippen LogP contribution is -2.37. The van der Waals surface area contributed by atoms with Crippen LogP contribution in [0.2, 0.25) is 5.02 Å². The normalized spacial score (nSPS) is 13.2. The van der Waals surface area contributed by atoms with Gasteiger partial charge in [0.2, 0.25) is 5.91 Å². The van der Waals surface area contributed by atoms with Crippen LogP contribution in [-0.4, -0.2) is 41.9 Å². The van der Waals surface area contributed by atoms with Crippen LogP contribution in [0, 0.1) is 5.82 Å². The Morgan fingerprint density at radius 1 is 1.09 bits per heavy atom. The zero-order valence-corrected chi connectivity index (χ0v) is 19.1. The molecule has 1 aliphatic heterocycles. The highest BCUT2D eigenvalue weighted by molar-refractivity contribution is 6.30. The summed E-state index contributed by atoms with van der Waals surface area (Å²) in [6.45, 7) is 3.37. The van der Waals surface area contributed by atoms with Gasteiger partial charge in [0.15, 0.2) is 0 Å². The Hall–Kier alpha value is -2.81. The van der Waals surface area contributed by atoms with E-state index in [0.717, 1.165) is 30.5 Å². The van der Waals surface area contributed by atoms with Gasteiger partial charge in [-0.05, 0) is 42.7 Å². The summed E-state index contributed by atoms with van der Waals surface area (Å²) in [4.78, 5) is 25.8. The molecule has 0 radical (unpaired) electrons. The second kappa shape index (κ2) is 11.9. The smallest absolute Gasteiger partial charge is 0.342 e. The molecule has 0 unspecified atom stereocenters. The summed E-state index contributed by atoms with van der Waals surface area (Å²) < 4.78 is 50.7. The zero-order chi connectivity index (χ0) is 24.6. The molecule has 1 heterocycles. The van der Waals surface area contributed by atoms with Gasteiger partial charge >= 0.3 is 12.2 Å². The molecule has 1 N–H and O–H groups in total. The van der Waals surface area contributed by atoms with Gasteiger partial charge in [-0.2, -0.15) is 13.2 Å². The molecular formula is C23H26ClF4N3O2. The van der Waals surface area contributed by atoms with E-state index in [1.54, 1.807) is 23.8 Å². The minimum absolute atomic E-state index is 0.0329. The first-order valence-corrected chi connectivity index (χ1v) is 10.7. The number of rotatable bonds is 4. The van der Waals surface area contributed by atoms with Crippen LogP contribution >= 0.6 is 11.6 Å². The third-order valence-corrected chi connectivity index (χ3v) is 5.33. The van der Waals surface area contributed by atoms with Crippen LogP contribution in [0.25, 0.3) is 0 Å². The molecule has 0 aromatic heterocycles. The van der Waals surface area contributed by atoms with Crippen LogP contribution in [0.15, 0.2) is 42.5 Å². The lowest BCUT2D eigenvalue weighted by Gasteiger charge is -2.16. The predicted molar refractivity (Wildman–Crippen MR) is 118 cm³/mol. The molecule has 2 aromatic carbocycles. The molecule has 3 rings (SSSR count). The minimum Gasteiger partial charge on any atom is -0.342 e. The number of nitrogens with zero attached hydrogens (tertiary/aromatic N) is 2. The van der Waals surface area contributed by atoms with Gasteiger partial charge in [0.25, 0.3) is 0 Å². The first kappa shape index (κ1) is 26.4. The second-order valence-corrected chi connectivity index (χ2v) is 8.09. The Morgan fingerprint density at radius 2 is 1.70 bits per heavy atom. The Morgan fingerprint density at radius 3 is 2.21 bits per heavy atom. The SMILES string of the molecule is CC(=O)N(C)Cc1ccc(Cl)cc1.O=C(NCc1ccc(C(F)(F)F)cc1F)N1CCCC1. The molecule has 33 heavy (non-hydrogen) atoms. The fraction of sp³-hybridized carbons (Fsp3) is 0.391. The fourth-order valence-corrected chi connectivity index (χ4v) is 3.17. The molecule has 0 atom stereocenters. The van der Waals surface area contributed by atoms with Gasteiger partial charge in [0.05, 0.1) is 5.56 Å². The van der Waals surface area contributed by atoms with Crippen molar-refractivity contribution >= 4 is 23.5 Å². The van der Waals surface area contributed by atoms with Gasteiger partial charge < -0.3 is 15.1 Å². The number of nitrogens with one attached hydrogen (secondary N) is 1. The summed E-state index contributed by atoms with van der Waals surface area (Å²) >= 11 is 5.73. The summed E-state index contributed by atoms with van der Waals surface area (Å²) in [5, 5.41) is 3.22. The summed E-state index contributed by atoms with van der Waals surface area (Å²) in [7, 11) is 1.77. The monoisotopic (exact) mass is 487 g/mol. The number of likely N-dealkylation sites (tertiary alicyclic amines) is 1. The van der Waals surface area contributed by atoms with Gasteiger partial charge in [0.1, 0.15) is 5.82 Å². The molecule has 0 spiro atoms. The first-order valence-electron chi connectivity index (χ1n) is 10.3. The van der Waals surface area contributed by atoms with E-state index in [0.29, 0.717) is 30.7 Å². The summed E-state index contributed by atoms with van der Waals surface area (Å²) in [5.41, 5.74) is 0.0808. The Balaban J connectivity index is 0.000000257. The van der Waals surface area contributed by atoms with Crippen LogP contribution in [0.5, 0.6) is 0 Å². The number of hydrogen-bond acceptors (Lipinski definition) is 2. The van der Waals surface area contributed by atoms with Crippen molar-refractivity contribution in [3.8, 4) is 0 Å². The lowest BCUT2D eigenvalue weighted by atomic mass is 10.1. The number of urea groups is 1. The highest BCUT2D eigenvalue weighted by Crippen LogP contribution is 2.30. The van der Waals surface area contributed by atoms with Gasteiger partial charge in [-0.3, -0.25) is 4.79 Å². The molecule has 0 saturated carbocycles. The van der Waals surface area contributed by atoms with E-state index in [2.05, 4.69) is 5.32 Å². The maximum atomic E-state index is 13.5. The number of carbonyl (C=O) groups excluding carboxylic acids is 2. The standard InChI is InChI=1S/C13H14F4N2O.C10H12ClNO/c14-11-7-10(13(15,16)17)4-3-9(11)8-18-12(20)19-5-1-2-6-19;1-8(13)12(2)7-9-3-5-10(11)6-4-9/h3-4,7H,1-2,5-6,8H2,(H,18,20);3-6H,7H2,1-2H3. The van der Waals surface area contributed by atoms with Crippen molar-refractivity contribution in [3.63, 3.8) is 0 Å². The first-order chi connectivity index (χ1) is 15.5. The van der Waals surface area contributed by atoms with Crippen LogP contribution < -0.4 is 5.32 Å². The molecule has 10 heteroatoms. The van der Waals surface area contributed by atoms with Gasteiger partial charge in [-0.25, -0.2) is 9.18 Å². The number of alkyl halides is 3. The van der Waals surface area contributed by atoms with E-state index in [4.69, 9.17) is 11.6 Å². The van der Waals surface area contributed by atoms with Crippen LogP contribution in [-0.2, 0) is 24.1 Å². The molecule has 0 bridgehead atoms. The van der Waals surface area contributed by atoms with E-state index in [-0.39, 0.29) is 24.0 Å². The maximum absolute atomic E-state index is 13.5. The number of amides is 3.